The highest BCUT2D eigenvalue weighted by Gasteiger charge is 2.07. The summed E-state index contributed by atoms with van der Waals surface area (Å²) in [5, 5.41) is 7.77. The van der Waals surface area contributed by atoms with Crippen LogP contribution in [0.15, 0.2) is 54.6 Å². The summed E-state index contributed by atoms with van der Waals surface area (Å²) in [6.45, 7) is 0.953. The number of nitrogens with two attached hydrogens (primary N) is 1. The second-order valence-electron chi connectivity index (χ2n) is 5.01. The van der Waals surface area contributed by atoms with Gasteiger partial charge in [0, 0.05) is 16.3 Å². The third-order valence-electron chi connectivity index (χ3n) is 3.13. The van der Waals surface area contributed by atoms with Crippen LogP contribution < -0.4 is 16.0 Å². The van der Waals surface area contributed by atoms with Gasteiger partial charge in [0.1, 0.15) is 6.54 Å². The van der Waals surface area contributed by atoms with Crippen molar-refractivity contribution < 1.29 is 14.9 Å². The van der Waals surface area contributed by atoms with Gasteiger partial charge in [-0.25, -0.2) is 0 Å². The minimum absolute atomic E-state index is 0.0549. The predicted molar refractivity (Wildman–Crippen MR) is 90.0 cm³/mol. The van der Waals surface area contributed by atoms with Crippen LogP contribution in [0.1, 0.15) is 5.56 Å². The molecule has 0 unspecified atom stereocenters. The average Bonchev–Trinajstić information content (AvgIpc) is 2.56. The Morgan fingerprint density at radius 3 is 2.35 bits per heavy atom. The normalized spacial score (nSPS) is 10.1. The third kappa shape index (κ3) is 6.50. The molecule has 2 aromatic rings. The second kappa shape index (κ2) is 8.92. The molecule has 120 valence electrons. The molecule has 0 spiro atoms. The van der Waals surface area contributed by atoms with Crippen molar-refractivity contribution in [1.29, 1.82) is 0 Å². The summed E-state index contributed by atoms with van der Waals surface area (Å²) in [5.41, 5.74) is 1.80. The average molecular weight is 333 g/mol. The number of nitrogens with one attached hydrogen (secondary N) is 2. The van der Waals surface area contributed by atoms with Crippen LogP contribution in [0.3, 0.4) is 0 Å². The summed E-state index contributed by atoms with van der Waals surface area (Å²) < 4.78 is 0. The van der Waals surface area contributed by atoms with Gasteiger partial charge in [0.25, 0.3) is 5.91 Å². The Hall–Kier alpha value is -2.37. The van der Waals surface area contributed by atoms with Gasteiger partial charge < -0.3 is 16.0 Å². The van der Waals surface area contributed by atoms with E-state index in [2.05, 4.69) is 10.6 Å². The van der Waals surface area contributed by atoms with E-state index in [1.54, 1.807) is 24.3 Å². The first-order valence-corrected chi connectivity index (χ1v) is 7.69. The van der Waals surface area contributed by atoms with Crippen LogP contribution in [0.5, 0.6) is 0 Å². The first kappa shape index (κ1) is 17.0. The molecule has 0 aliphatic rings. The molecule has 0 saturated carbocycles. The van der Waals surface area contributed by atoms with Crippen molar-refractivity contribution >= 4 is 29.1 Å². The lowest BCUT2D eigenvalue weighted by molar-refractivity contribution is -0.660. The topological polar surface area (TPSA) is 74.8 Å². The number of quaternary nitrogens is 1. The summed E-state index contributed by atoms with van der Waals surface area (Å²) in [7, 11) is 0. The molecule has 2 aromatic carbocycles. The maximum Gasteiger partial charge on any atom is 0.275 e. The molecule has 2 rings (SSSR count). The highest BCUT2D eigenvalue weighted by Crippen LogP contribution is 2.12. The molecular formula is C17H19ClN3O2+. The Bertz CT molecular complexity index is 645. The van der Waals surface area contributed by atoms with Gasteiger partial charge in [0.15, 0.2) is 6.54 Å². The highest BCUT2D eigenvalue weighted by atomic mass is 35.5. The van der Waals surface area contributed by atoms with E-state index in [4.69, 9.17) is 11.6 Å². The summed E-state index contributed by atoms with van der Waals surface area (Å²) in [5.74, 6) is -0.448. The quantitative estimate of drug-likeness (QED) is 0.711. The molecule has 0 fully saturated rings. The van der Waals surface area contributed by atoms with E-state index in [1.807, 2.05) is 35.6 Å². The van der Waals surface area contributed by atoms with Gasteiger partial charge in [-0.05, 0) is 24.3 Å². The van der Waals surface area contributed by atoms with Gasteiger partial charge >= 0.3 is 0 Å². The second-order valence-corrected chi connectivity index (χ2v) is 5.45. The first-order valence-electron chi connectivity index (χ1n) is 7.31. The van der Waals surface area contributed by atoms with E-state index in [0.717, 1.165) is 12.1 Å². The molecule has 0 aromatic heterocycles. The lowest BCUT2D eigenvalue weighted by Gasteiger charge is -2.07. The number of hydrogen-bond acceptors (Lipinski definition) is 2. The molecular weight excluding hydrogens is 314 g/mol. The fraction of sp³-hybridized carbons (Fsp3) is 0.176. The number of rotatable bonds is 7. The van der Waals surface area contributed by atoms with Crippen molar-refractivity contribution in [3.8, 4) is 0 Å². The van der Waals surface area contributed by atoms with Gasteiger partial charge in [-0.1, -0.05) is 41.9 Å². The minimum Gasteiger partial charge on any atom is -0.342 e. The largest absolute Gasteiger partial charge is 0.342 e. The number of anilines is 1. The molecule has 0 aliphatic heterocycles. The van der Waals surface area contributed by atoms with Crippen molar-refractivity contribution in [2.45, 2.75) is 6.54 Å². The lowest BCUT2D eigenvalue weighted by atomic mass is 10.2. The van der Waals surface area contributed by atoms with Crippen LogP contribution >= 0.6 is 11.6 Å². The Labute approximate surface area is 140 Å². The molecule has 6 heteroatoms. The van der Waals surface area contributed by atoms with E-state index in [-0.39, 0.29) is 24.9 Å². The minimum atomic E-state index is -0.274. The van der Waals surface area contributed by atoms with Crippen LogP contribution in [0.25, 0.3) is 0 Å². The van der Waals surface area contributed by atoms with Crippen molar-refractivity contribution in [2.24, 2.45) is 0 Å². The zero-order chi connectivity index (χ0) is 16.5. The van der Waals surface area contributed by atoms with E-state index >= 15 is 0 Å². The number of hydrogen-bond donors (Lipinski definition) is 3. The lowest BCUT2D eigenvalue weighted by Crippen LogP contribution is -2.85. The van der Waals surface area contributed by atoms with Crippen molar-refractivity contribution in [3.05, 3.63) is 65.2 Å². The van der Waals surface area contributed by atoms with Gasteiger partial charge in [0.05, 0.1) is 6.54 Å². The molecule has 2 amide bonds. The standard InChI is InChI=1S/C17H18ClN3O2/c18-14-6-8-15(9-7-14)21-17(23)12-20-16(22)11-19-10-13-4-2-1-3-5-13/h1-9,19H,10-12H2,(H,20,22)(H,21,23)/p+1. The first-order chi connectivity index (χ1) is 11.1. The van der Waals surface area contributed by atoms with Crippen LogP contribution in [-0.2, 0) is 16.1 Å². The summed E-state index contributed by atoms with van der Waals surface area (Å²) in [6.07, 6.45) is 0. The van der Waals surface area contributed by atoms with E-state index in [1.165, 1.54) is 0 Å². The maximum atomic E-state index is 11.7. The van der Waals surface area contributed by atoms with Crippen LogP contribution in [0, 0.1) is 0 Å². The van der Waals surface area contributed by atoms with Gasteiger partial charge in [-0.2, -0.15) is 0 Å². The Morgan fingerprint density at radius 2 is 1.65 bits per heavy atom. The fourth-order valence-electron chi connectivity index (χ4n) is 1.97. The SMILES string of the molecule is O=C(C[NH2+]Cc1ccccc1)NCC(=O)Nc1ccc(Cl)cc1. The Balaban J connectivity index is 1.63. The van der Waals surface area contributed by atoms with Crippen molar-refractivity contribution in [1.82, 2.24) is 5.32 Å². The molecule has 0 saturated heterocycles. The summed E-state index contributed by atoms with van der Waals surface area (Å²) in [4.78, 5) is 23.4. The Kier molecular flexibility index (Phi) is 6.59. The molecule has 4 N–H and O–H groups in total. The van der Waals surface area contributed by atoms with Crippen LogP contribution in [0.2, 0.25) is 5.02 Å². The number of carbonyl (C=O) groups excluding carboxylic acids is 2. The predicted octanol–water partition coefficient (Wildman–Crippen LogP) is 1.16. The van der Waals surface area contributed by atoms with E-state index in [0.29, 0.717) is 10.7 Å². The van der Waals surface area contributed by atoms with Crippen molar-refractivity contribution in [2.75, 3.05) is 18.4 Å². The van der Waals surface area contributed by atoms with Gasteiger partial charge in [0.2, 0.25) is 5.91 Å². The van der Waals surface area contributed by atoms with E-state index < -0.39 is 0 Å². The summed E-state index contributed by atoms with van der Waals surface area (Å²) >= 11 is 5.77. The summed E-state index contributed by atoms with van der Waals surface area (Å²) in [6, 6.07) is 16.7. The fourth-order valence-corrected chi connectivity index (χ4v) is 2.10. The highest BCUT2D eigenvalue weighted by molar-refractivity contribution is 6.30. The van der Waals surface area contributed by atoms with Crippen LogP contribution in [0.4, 0.5) is 5.69 Å². The zero-order valence-electron chi connectivity index (χ0n) is 12.6. The van der Waals surface area contributed by atoms with Crippen molar-refractivity contribution in [3.63, 3.8) is 0 Å². The maximum absolute atomic E-state index is 11.7. The monoisotopic (exact) mass is 332 g/mol. The smallest absolute Gasteiger partial charge is 0.275 e. The molecule has 0 bridgehead atoms. The number of halogens is 1. The number of amides is 2. The van der Waals surface area contributed by atoms with Gasteiger partial charge in [-0.3, -0.25) is 9.59 Å². The zero-order valence-corrected chi connectivity index (χ0v) is 13.3. The van der Waals surface area contributed by atoms with E-state index in [9.17, 15) is 9.59 Å². The Morgan fingerprint density at radius 1 is 0.957 bits per heavy atom. The third-order valence-corrected chi connectivity index (χ3v) is 3.38. The van der Waals surface area contributed by atoms with Crippen LogP contribution in [-0.4, -0.2) is 24.9 Å². The number of benzene rings is 2. The molecule has 0 atom stereocenters. The molecule has 0 heterocycles. The molecule has 0 radical (unpaired) electrons. The number of carbonyl (C=O) groups is 2. The molecule has 5 nitrogen and oxygen atoms in total. The molecule has 23 heavy (non-hydrogen) atoms. The van der Waals surface area contributed by atoms with Gasteiger partial charge in [-0.15, -0.1) is 0 Å². The molecule has 0 aliphatic carbocycles.